The number of aryl methyl sites for hydroxylation is 1. The average molecular weight is 557 g/mol. The number of fused-ring (bicyclic) bond motifs is 1. The number of hydrogen-bond donors (Lipinski definition) is 1. The van der Waals surface area contributed by atoms with Gasteiger partial charge in [0.15, 0.2) is 5.76 Å². The molecule has 42 heavy (non-hydrogen) atoms. The van der Waals surface area contributed by atoms with Gasteiger partial charge in [-0.3, -0.25) is 4.79 Å². The molecule has 6 heteroatoms. The van der Waals surface area contributed by atoms with Crippen molar-refractivity contribution < 1.29 is 19.2 Å². The third-order valence-electron chi connectivity index (χ3n) is 8.14. The second kappa shape index (κ2) is 12.3. The van der Waals surface area contributed by atoms with Gasteiger partial charge >= 0.3 is 5.97 Å². The highest BCUT2D eigenvalue weighted by molar-refractivity contribution is 5.89. The molecule has 1 heterocycles. The van der Waals surface area contributed by atoms with E-state index in [4.69, 9.17) is 4.52 Å². The smallest absolute Gasteiger partial charge is 0.335 e. The molecular formula is C36H32N2O4. The second-order valence-corrected chi connectivity index (χ2v) is 10.9. The van der Waals surface area contributed by atoms with E-state index >= 15 is 0 Å². The van der Waals surface area contributed by atoms with E-state index in [1.54, 1.807) is 24.4 Å². The monoisotopic (exact) mass is 556 g/mol. The molecule has 6 rings (SSSR count). The maximum Gasteiger partial charge on any atom is 0.335 e. The summed E-state index contributed by atoms with van der Waals surface area (Å²) in [5.41, 5.74) is 6.49. The van der Waals surface area contributed by atoms with E-state index in [2.05, 4.69) is 53.7 Å². The van der Waals surface area contributed by atoms with Crippen molar-refractivity contribution in [3.63, 3.8) is 0 Å². The maximum absolute atomic E-state index is 14.3. The predicted molar refractivity (Wildman–Crippen MR) is 161 cm³/mol. The number of aromatic nitrogens is 1. The maximum atomic E-state index is 14.3. The van der Waals surface area contributed by atoms with Crippen LogP contribution in [0.2, 0.25) is 0 Å². The number of carboxylic acids is 1. The van der Waals surface area contributed by atoms with Crippen molar-refractivity contribution in [1.29, 1.82) is 0 Å². The number of carbonyl (C=O) groups excluding carboxylic acids is 1. The van der Waals surface area contributed by atoms with E-state index in [-0.39, 0.29) is 29.9 Å². The van der Waals surface area contributed by atoms with Gasteiger partial charge in [0.25, 0.3) is 0 Å². The summed E-state index contributed by atoms with van der Waals surface area (Å²) in [4.78, 5) is 27.8. The van der Waals surface area contributed by atoms with E-state index in [1.807, 2.05) is 47.4 Å². The number of benzene rings is 4. The minimum atomic E-state index is -0.968. The lowest BCUT2D eigenvalue weighted by molar-refractivity contribution is -0.135. The van der Waals surface area contributed by atoms with Crippen molar-refractivity contribution in [2.24, 2.45) is 5.92 Å². The summed E-state index contributed by atoms with van der Waals surface area (Å²) < 4.78 is 5.51. The molecule has 0 aliphatic heterocycles. The van der Waals surface area contributed by atoms with Crippen LogP contribution in [0.1, 0.15) is 50.8 Å². The molecule has 1 amide bonds. The Morgan fingerprint density at radius 2 is 1.57 bits per heavy atom. The van der Waals surface area contributed by atoms with Crippen molar-refractivity contribution in [2.45, 2.75) is 38.3 Å². The number of hydrogen-bond acceptors (Lipinski definition) is 4. The summed E-state index contributed by atoms with van der Waals surface area (Å²) in [6.07, 6.45) is 4.65. The quantitative estimate of drug-likeness (QED) is 0.208. The number of rotatable bonds is 9. The Kier molecular flexibility index (Phi) is 7.95. The molecule has 1 aliphatic carbocycles. The van der Waals surface area contributed by atoms with Gasteiger partial charge in [0.1, 0.15) is 0 Å². The lowest BCUT2D eigenvalue weighted by atomic mass is 9.76. The van der Waals surface area contributed by atoms with Gasteiger partial charge in [0.2, 0.25) is 5.91 Å². The molecule has 0 radical (unpaired) electrons. The van der Waals surface area contributed by atoms with E-state index in [0.717, 1.165) is 36.0 Å². The molecule has 0 fully saturated rings. The SMILES string of the molecule is O=C(O)c1cccc(-c2cccc(CC(=O)N(Cc3ccno3)[C@@H]3c4ccccc4CC[C@H]3Cc3ccccc3)c2)c1. The Bertz CT molecular complexity index is 1680. The van der Waals surface area contributed by atoms with Crippen molar-refractivity contribution in [2.75, 3.05) is 0 Å². The van der Waals surface area contributed by atoms with Crippen LogP contribution in [0.3, 0.4) is 0 Å². The first-order valence-corrected chi connectivity index (χ1v) is 14.3. The van der Waals surface area contributed by atoms with E-state index in [1.165, 1.54) is 16.7 Å². The van der Waals surface area contributed by atoms with Crippen LogP contribution in [0.25, 0.3) is 11.1 Å². The van der Waals surface area contributed by atoms with E-state index in [9.17, 15) is 14.7 Å². The van der Waals surface area contributed by atoms with Gasteiger partial charge < -0.3 is 14.5 Å². The lowest BCUT2D eigenvalue weighted by Crippen LogP contribution is -2.41. The van der Waals surface area contributed by atoms with Crippen molar-refractivity contribution >= 4 is 11.9 Å². The topological polar surface area (TPSA) is 83.6 Å². The molecule has 1 aliphatic rings. The zero-order valence-electron chi connectivity index (χ0n) is 23.2. The van der Waals surface area contributed by atoms with E-state index < -0.39 is 5.97 Å². The molecule has 1 aromatic heterocycles. The first-order valence-electron chi connectivity index (χ1n) is 14.3. The minimum absolute atomic E-state index is 0.00241. The molecule has 0 spiro atoms. The van der Waals surface area contributed by atoms with Crippen LogP contribution in [0.15, 0.2) is 120 Å². The Balaban J connectivity index is 1.34. The van der Waals surface area contributed by atoms with Crippen LogP contribution >= 0.6 is 0 Å². The summed E-state index contributed by atoms with van der Waals surface area (Å²) in [5.74, 6) is -0.0879. The van der Waals surface area contributed by atoms with Crippen LogP contribution in [0.5, 0.6) is 0 Å². The predicted octanol–water partition coefficient (Wildman–Crippen LogP) is 7.16. The molecule has 2 atom stereocenters. The Labute approximate surface area is 245 Å². The highest BCUT2D eigenvalue weighted by atomic mass is 16.5. The molecule has 0 unspecified atom stereocenters. The molecule has 210 valence electrons. The fourth-order valence-electron chi connectivity index (χ4n) is 6.16. The summed E-state index contributed by atoms with van der Waals surface area (Å²) in [6.45, 7) is 0.323. The van der Waals surface area contributed by atoms with Crippen LogP contribution in [0, 0.1) is 5.92 Å². The largest absolute Gasteiger partial charge is 0.478 e. The van der Waals surface area contributed by atoms with Crippen molar-refractivity contribution in [1.82, 2.24) is 10.1 Å². The van der Waals surface area contributed by atoms with Gasteiger partial charge in [0.05, 0.1) is 30.8 Å². The molecular weight excluding hydrogens is 524 g/mol. The van der Waals surface area contributed by atoms with Gasteiger partial charge in [-0.15, -0.1) is 0 Å². The van der Waals surface area contributed by atoms with Gasteiger partial charge in [0, 0.05) is 6.07 Å². The van der Waals surface area contributed by atoms with Crippen LogP contribution in [-0.4, -0.2) is 27.0 Å². The van der Waals surface area contributed by atoms with Gasteiger partial charge in [-0.25, -0.2) is 4.79 Å². The fraction of sp³-hybridized carbons (Fsp3) is 0.194. The third-order valence-corrected chi connectivity index (χ3v) is 8.14. The summed E-state index contributed by atoms with van der Waals surface area (Å²) in [7, 11) is 0. The van der Waals surface area contributed by atoms with Gasteiger partial charge in [-0.05, 0) is 70.7 Å². The number of carbonyl (C=O) groups is 2. The van der Waals surface area contributed by atoms with E-state index in [0.29, 0.717) is 12.3 Å². The van der Waals surface area contributed by atoms with Crippen LogP contribution in [0.4, 0.5) is 0 Å². The molecule has 0 saturated heterocycles. The number of aromatic carboxylic acids is 1. The molecule has 1 N–H and O–H groups in total. The standard InChI is InChI=1S/C36H32N2O4/c39-34(22-26-10-6-12-28(21-26)29-13-7-14-31(23-29)36(40)41)38(24-32-18-19-37-42-32)35-30(20-25-8-2-1-3-9-25)17-16-27-11-4-5-15-33(27)35/h1-15,18-19,21,23,30,35H,16-17,20,22,24H2,(H,40,41)/t30-,35-/m0/s1. The molecule has 4 aromatic carbocycles. The van der Waals surface area contributed by atoms with Gasteiger partial charge in [-0.1, -0.05) is 96.2 Å². The Hall–Kier alpha value is -4.97. The Morgan fingerprint density at radius 1 is 0.833 bits per heavy atom. The van der Waals surface area contributed by atoms with Crippen molar-refractivity contribution in [3.05, 3.63) is 149 Å². The highest BCUT2D eigenvalue weighted by Gasteiger charge is 2.36. The number of carboxylic acid groups (broad SMARTS) is 1. The molecule has 0 saturated carbocycles. The van der Waals surface area contributed by atoms with Crippen molar-refractivity contribution in [3.8, 4) is 11.1 Å². The Morgan fingerprint density at radius 3 is 2.36 bits per heavy atom. The molecule has 6 nitrogen and oxygen atoms in total. The zero-order chi connectivity index (χ0) is 28.9. The second-order valence-electron chi connectivity index (χ2n) is 10.9. The van der Waals surface area contributed by atoms with Gasteiger partial charge in [-0.2, -0.15) is 0 Å². The van der Waals surface area contributed by atoms with Crippen LogP contribution < -0.4 is 0 Å². The normalized spacial score (nSPS) is 16.0. The fourth-order valence-corrected chi connectivity index (χ4v) is 6.16. The van der Waals surface area contributed by atoms with Crippen LogP contribution in [-0.2, 0) is 30.6 Å². The zero-order valence-corrected chi connectivity index (χ0v) is 23.2. The minimum Gasteiger partial charge on any atom is -0.478 e. The summed E-state index contributed by atoms with van der Waals surface area (Å²) in [6, 6.07) is 35.3. The molecule has 0 bridgehead atoms. The summed E-state index contributed by atoms with van der Waals surface area (Å²) >= 11 is 0. The number of amides is 1. The first-order chi connectivity index (χ1) is 20.5. The average Bonchev–Trinajstić information content (AvgIpc) is 3.54. The highest BCUT2D eigenvalue weighted by Crippen LogP contribution is 2.41. The lowest BCUT2D eigenvalue weighted by Gasteiger charge is -2.41. The summed E-state index contributed by atoms with van der Waals surface area (Å²) in [5, 5.41) is 13.3. The third kappa shape index (κ3) is 6.03. The molecule has 5 aromatic rings. The first kappa shape index (κ1) is 27.2. The number of nitrogens with zero attached hydrogens (tertiary/aromatic N) is 2.